The Balaban J connectivity index is 1.74. The van der Waals surface area contributed by atoms with Crippen LogP contribution < -0.4 is 15.0 Å². The molecule has 0 aliphatic rings. The number of hydrogen-bond donors (Lipinski definition) is 2. The van der Waals surface area contributed by atoms with Gasteiger partial charge in [0.1, 0.15) is 11.6 Å². The molecule has 2 aromatic heterocycles. The van der Waals surface area contributed by atoms with Gasteiger partial charge in [0.05, 0.1) is 34.9 Å². The average molecular weight is 624 g/mol. The first-order valence-electron chi connectivity index (χ1n) is 15.2. The van der Waals surface area contributed by atoms with Crippen LogP contribution in [-0.4, -0.2) is 47.2 Å². The summed E-state index contributed by atoms with van der Waals surface area (Å²) in [6, 6.07) is 10.3. The molecule has 0 fully saturated rings. The van der Waals surface area contributed by atoms with Crippen molar-refractivity contribution in [2.45, 2.75) is 84.0 Å². The number of carbonyl (C=O) groups excluding carboxylic acids is 1. The van der Waals surface area contributed by atoms with Gasteiger partial charge in [-0.2, -0.15) is 0 Å². The number of anilines is 1. The number of fused-ring (bicyclic) bond motifs is 1. The van der Waals surface area contributed by atoms with Crippen molar-refractivity contribution in [3.8, 4) is 17.1 Å². The number of carbonyl (C=O) groups is 1. The van der Waals surface area contributed by atoms with Crippen molar-refractivity contribution in [1.82, 2.24) is 19.6 Å². The summed E-state index contributed by atoms with van der Waals surface area (Å²) in [4.78, 5) is 32.9. The Hall–Kier alpha value is -4.19. The number of ether oxygens (including phenoxy) is 2. The summed E-state index contributed by atoms with van der Waals surface area (Å²) in [5.41, 5.74) is 1.48. The molecule has 44 heavy (non-hydrogen) atoms. The van der Waals surface area contributed by atoms with E-state index in [1.54, 1.807) is 24.4 Å². The molecule has 0 aliphatic carbocycles. The van der Waals surface area contributed by atoms with Gasteiger partial charge in [0, 0.05) is 11.6 Å². The van der Waals surface area contributed by atoms with Crippen LogP contribution >= 0.6 is 0 Å². The summed E-state index contributed by atoms with van der Waals surface area (Å²) >= 11 is 0. The number of H-pyrrole nitrogens is 1. The normalized spacial score (nSPS) is 12.3. The number of sulfonamides is 1. The van der Waals surface area contributed by atoms with E-state index < -0.39 is 16.0 Å². The molecule has 4 rings (SSSR count). The molecule has 4 aromatic rings. The van der Waals surface area contributed by atoms with E-state index in [1.807, 2.05) is 6.92 Å². The molecule has 0 saturated heterocycles. The van der Waals surface area contributed by atoms with Crippen LogP contribution in [0.2, 0.25) is 0 Å². The molecule has 1 atom stereocenters. The van der Waals surface area contributed by atoms with Crippen LogP contribution in [0.1, 0.15) is 94.0 Å². The van der Waals surface area contributed by atoms with Crippen LogP contribution in [0.5, 0.6) is 5.75 Å². The van der Waals surface area contributed by atoms with Gasteiger partial charge in [0.15, 0.2) is 11.3 Å². The maximum Gasteiger partial charge on any atom is 0.338 e. The Morgan fingerprint density at radius 3 is 2.43 bits per heavy atom. The van der Waals surface area contributed by atoms with Gasteiger partial charge in [-0.1, -0.05) is 39.5 Å². The zero-order chi connectivity index (χ0) is 31.9. The predicted molar refractivity (Wildman–Crippen MR) is 170 cm³/mol. The molecular formula is C32H41N5O6S. The highest BCUT2D eigenvalue weighted by Crippen LogP contribution is 2.32. The molecule has 0 radical (unpaired) electrons. The monoisotopic (exact) mass is 623 g/mol. The summed E-state index contributed by atoms with van der Waals surface area (Å²) in [6.07, 6.45) is 6.30. The van der Waals surface area contributed by atoms with Crippen LogP contribution in [0, 0.1) is 6.92 Å². The third-order valence-electron chi connectivity index (χ3n) is 7.43. The topological polar surface area (TPSA) is 145 Å². The highest BCUT2D eigenvalue weighted by atomic mass is 32.2. The van der Waals surface area contributed by atoms with Crippen LogP contribution in [-0.2, 0) is 14.8 Å². The van der Waals surface area contributed by atoms with Crippen molar-refractivity contribution >= 4 is 27.2 Å². The number of rotatable bonds is 15. The lowest BCUT2D eigenvalue weighted by Gasteiger charge is -2.15. The van der Waals surface area contributed by atoms with Gasteiger partial charge < -0.3 is 14.5 Å². The Kier molecular flexibility index (Phi) is 10.8. The summed E-state index contributed by atoms with van der Waals surface area (Å²) in [6.45, 7) is 10.2. The smallest absolute Gasteiger partial charge is 0.338 e. The fraction of sp³-hybridized carbons (Fsp3) is 0.438. The number of nitrogens with one attached hydrogen (secondary N) is 2. The first-order valence-corrected chi connectivity index (χ1v) is 16.7. The largest absolute Gasteiger partial charge is 0.493 e. The van der Waals surface area contributed by atoms with E-state index in [2.05, 4.69) is 23.6 Å². The Labute approximate surface area is 258 Å². The van der Waals surface area contributed by atoms with Gasteiger partial charge in [-0.3, -0.25) is 9.52 Å². The first-order chi connectivity index (χ1) is 21.1. The lowest BCUT2D eigenvalue weighted by atomic mass is 9.97. The van der Waals surface area contributed by atoms with Crippen LogP contribution in [0.4, 0.5) is 5.69 Å². The molecular weight excluding hydrogens is 582 g/mol. The molecule has 0 amide bonds. The van der Waals surface area contributed by atoms with E-state index in [0.29, 0.717) is 34.7 Å². The van der Waals surface area contributed by atoms with Crippen molar-refractivity contribution in [2.24, 2.45) is 0 Å². The van der Waals surface area contributed by atoms with Gasteiger partial charge >= 0.3 is 5.97 Å². The highest BCUT2D eigenvalue weighted by Gasteiger charge is 2.24. The first kappa shape index (κ1) is 32.7. The van der Waals surface area contributed by atoms with Crippen molar-refractivity contribution in [3.05, 3.63) is 69.9 Å². The Morgan fingerprint density at radius 2 is 1.77 bits per heavy atom. The molecule has 0 spiro atoms. The molecule has 1 unspecified atom stereocenters. The predicted octanol–water partition coefficient (Wildman–Crippen LogP) is 6.23. The summed E-state index contributed by atoms with van der Waals surface area (Å²) in [5.74, 6) is 0.889. The lowest BCUT2D eigenvalue weighted by molar-refractivity contribution is 0.0526. The van der Waals surface area contributed by atoms with Crippen LogP contribution in [0.15, 0.2) is 52.2 Å². The second-order valence-electron chi connectivity index (χ2n) is 10.6. The summed E-state index contributed by atoms with van der Waals surface area (Å²) in [7, 11) is -4.07. The Morgan fingerprint density at radius 1 is 1.02 bits per heavy atom. The molecule has 2 aromatic carbocycles. The quantitative estimate of drug-likeness (QED) is 0.117. The minimum Gasteiger partial charge on any atom is -0.493 e. The fourth-order valence-corrected chi connectivity index (χ4v) is 6.24. The van der Waals surface area contributed by atoms with Gasteiger partial charge in [-0.25, -0.2) is 22.7 Å². The number of esters is 1. The molecule has 0 saturated carbocycles. The van der Waals surface area contributed by atoms with Gasteiger partial charge in [-0.15, -0.1) is 5.10 Å². The number of aromatic amines is 1. The highest BCUT2D eigenvalue weighted by molar-refractivity contribution is 7.92. The van der Waals surface area contributed by atoms with Crippen LogP contribution in [0.25, 0.3) is 16.9 Å². The standard InChI is InChI=1S/C32H41N5O6S/c1-6-10-11-12-13-22(7-2)30-33-21(5)28-31(38)34-29(35-37(28)30)26-20-25(18-19-27(26)42-8-3)44(40,41)36-24-16-14-23(15-17-24)32(39)43-9-4/h14-20,22,36H,6-13H2,1-5H3,(H,34,35,38). The number of nitrogens with zero attached hydrogens (tertiary/aromatic N) is 3. The zero-order valence-electron chi connectivity index (χ0n) is 26.0. The second-order valence-corrected chi connectivity index (χ2v) is 12.2. The number of imidazole rings is 1. The summed E-state index contributed by atoms with van der Waals surface area (Å²) in [5, 5.41) is 4.79. The van der Waals surface area contributed by atoms with E-state index in [-0.39, 0.29) is 34.5 Å². The molecule has 2 heterocycles. The number of hydrogen-bond acceptors (Lipinski definition) is 8. The number of aryl methyl sites for hydroxylation is 1. The SMILES string of the molecule is CCCCCCC(CC)c1nc(C)c2c(=O)[nH]c(-c3cc(S(=O)(=O)Nc4ccc(C(=O)OCC)cc4)ccc3OCC)nn12. The van der Waals surface area contributed by atoms with Gasteiger partial charge in [0.2, 0.25) is 0 Å². The molecule has 11 nitrogen and oxygen atoms in total. The molecule has 2 N–H and O–H groups in total. The Bertz CT molecular complexity index is 1760. The third kappa shape index (κ3) is 7.29. The van der Waals surface area contributed by atoms with E-state index in [0.717, 1.165) is 37.9 Å². The van der Waals surface area contributed by atoms with Crippen molar-refractivity contribution in [1.29, 1.82) is 0 Å². The second kappa shape index (κ2) is 14.5. The third-order valence-corrected chi connectivity index (χ3v) is 8.81. The van der Waals surface area contributed by atoms with E-state index in [9.17, 15) is 18.0 Å². The van der Waals surface area contributed by atoms with Crippen LogP contribution in [0.3, 0.4) is 0 Å². The minimum atomic E-state index is -4.07. The molecule has 0 aliphatic heterocycles. The van der Waals surface area contributed by atoms with Crippen molar-refractivity contribution in [2.75, 3.05) is 17.9 Å². The maximum absolute atomic E-state index is 13.4. The van der Waals surface area contributed by atoms with E-state index in [1.165, 1.54) is 42.8 Å². The zero-order valence-corrected chi connectivity index (χ0v) is 26.8. The van der Waals surface area contributed by atoms with E-state index >= 15 is 0 Å². The number of aromatic nitrogens is 4. The molecule has 12 heteroatoms. The van der Waals surface area contributed by atoms with Crippen molar-refractivity contribution in [3.63, 3.8) is 0 Å². The number of benzene rings is 2. The summed E-state index contributed by atoms with van der Waals surface area (Å²) < 4.78 is 41.8. The maximum atomic E-state index is 13.4. The minimum absolute atomic E-state index is 0.0578. The molecule has 0 bridgehead atoms. The number of unbranched alkanes of at least 4 members (excludes halogenated alkanes) is 3. The van der Waals surface area contributed by atoms with E-state index in [4.69, 9.17) is 19.6 Å². The lowest BCUT2D eigenvalue weighted by Crippen LogP contribution is -2.17. The average Bonchev–Trinajstić information content (AvgIpc) is 3.34. The van der Waals surface area contributed by atoms with Gasteiger partial charge in [-0.05, 0) is 76.1 Å². The molecule has 236 valence electrons. The fourth-order valence-electron chi connectivity index (χ4n) is 5.16. The van der Waals surface area contributed by atoms with Crippen molar-refractivity contribution < 1.29 is 22.7 Å². The van der Waals surface area contributed by atoms with Gasteiger partial charge in [0.25, 0.3) is 15.6 Å².